The minimum atomic E-state index is -0.513. The molecule has 0 aliphatic rings. The second-order valence-corrected chi connectivity index (χ2v) is 5.63. The number of hydroxylamine groups is 2. The number of nitrogens with one attached hydrogen (secondary N) is 1. The van der Waals surface area contributed by atoms with Gasteiger partial charge in [0, 0.05) is 27.2 Å². The number of amides is 2. The number of rotatable bonds is 2. The van der Waals surface area contributed by atoms with Crippen LogP contribution in [-0.2, 0) is 6.54 Å². The molecule has 0 aliphatic heterocycles. The van der Waals surface area contributed by atoms with Crippen molar-refractivity contribution in [3.05, 3.63) is 48.0 Å². The van der Waals surface area contributed by atoms with Crippen molar-refractivity contribution in [1.82, 2.24) is 10.4 Å². The lowest BCUT2D eigenvalue weighted by Crippen LogP contribution is -2.34. The number of benzene rings is 2. The van der Waals surface area contributed by atoms with Gasteiger partial charge in [-0.25, -0.2) is 9.86 Å². The van der Waals surface area contributed by atoms with Crippen molar-refractivity contribution in [3.63, 3.8) is 0 Å². The van der Waals surface area contributed by atoms with E-state index in [1.54, 1.807) is 11.3 Å². The normalized spacial score (nSPS) is 10.9. The van der Waals surface area contributed by atoms with Crippen molar-refractivity contribution in [2.75, 3.05) is 7.05 Å². The molecule has 0 radical (unpaired) electrons. The molecule has 5 heteroatoms. The second-order valence-electron chi connectivity index (χ2n) is 4.54. The summed E-state index contributed by atoms with van der Waals surface area (Å²) in [4.78, 5) is 11.3. The van der Waals surface area contributed by atoms with E-state index in [1.807, 2.05) is 30.3 Å². The van der Waals surface area contributed by atoms with Gasteiger partial charge in [0.25, 0.3) is 0 Å². The summed E-state index contributed by atoms with van der Waals surface area (Å²) in [6.07, 6.45) is 0. The number of nitrogens with zero attached hydrogens (tertiary/aromatic N) is 1. The van der Waals surface area contributed by atoms with Gasteiger partial charge in [0.15, 0.2) is 0 Å². The first-order valence-corrected chi connectivity index (χ1v) is 7.09. The average molecular weight is 286 g/mol. The lowest BCUT2D eigenvalue weighted by atomic mass is 10.1. The van der Waals surface area contributed by atoms with Crippen LogP contribution in [0, 0.1) is 0 Å². The van der Waals surface area contributed by atoms with Crippen LogP contribution in [0.25, 0.3) is 20.2 Å². The number of hydrogen-bond donors (Lipinski definition) is 2. The summed E-state index contributed by atoms with van der Waals surface area (Å²) in [7, 11) is 1.49. The molecule has 2 amide bonds. The highest BCUT2D eigenvalue weighted by atomic mass is 32.1. The zero-order chi connectivity index (χ0) is 14.1. The van der Waals surface area contributed by atoms with Gasteiger partial charge >= 0.3 is 6.03 Å². The fourth-order valence-electron chi connectivity index (χ4n) is 2.24. The summed E-state index contributed by atoms with van der Waals surface area (Å²) in [6, 6.07) is 13.8. The monoisotopic (exact) mass is 286 g/mol. The van der Waals surface area contributed by atoms with E-state index in [1.165, 1.54) is 22.5 Å². The molecule has 20 heavy (non-hydrogen) atoms. The Bertz CT molecular complexity index is 782. The molecule has 0 atom stereocenters. The summed E-state index contributed by atoms with van der Waals surface area (Å²) >= 11 is 1.72. The predicted molar refractivity (Wildman–Crippen MR) is 81.1 cm³/mol. The SMILES string of the molecule is CNC(=O)N(O)Cc1ccc2c(c1)sc1ccccc12. The van der Waals surface area contributed by atoms with Crippen LogP contribution in [0.5, 0.6) is 0 Å². The third-order valence-electron chi connectivity index (χ3n) is 3.22. The number of hydrogen-bond acceptors (Lipinski definition) is 3. The number of thiophene rings is 1. The van der Waals surface area contributed by atoms with Crippen LogP contribution in [-0.4, -0.2) is 23.3 Å². The van der Waals surface area contributed by atoms with E-state index >= 15 is 0 Å². The molecule has 2 aromatic carbocycles. The Morgan fingerprint density at radius 2 is 1.95 bits per heavy atom. The van der Waals surface area contributed by atoms with Crippen LogP contribution >= 0.6 is 11.3 Å². The van der Waals surface area contributed by atoms with Crippen molar-refractivity contribution in [2.24, 2.45) is 0 Å². The summed E-state index contributed by atoms with van der Waals surface area (Å²) < 4.78 is 2.40. The predicted octanol–water partition coefficient (Wildman–Crippen LogP) is 3.59. The van der Waals surface area contributed by atoms with Crippen LogP contribution in [0.1, 0.15) is 5.56 Å². The third-order valence-corrected chi connectivity index (χ3v) is 4.36. The van der Waals surface area contributed by atoms with Crippen molar-refractivity contribution >= 4 is 37.5 Å². The van der Waals surface area contributed by atoms with Gasteiger partial charge in [0.2, 0.25) is 0 Å². The standard InChI is InChI=1S/C15H14N2O2S/c1-16-15(18)17(19)9-10-6-7-12-11-4-2-3-5-13(11)20-14(12)8-10/h2-8,19H,9H2,1H3,(H,16,18). The van der Waals surface area contributed by atoms with Gasteiger partial charge in [-0.15, -0.1) is 11.3 Å². The maximum Gasteiger partial charge on any atom is 0.341 e. The first-order valence-electron chi connectivity index (χ1n) is 6.27. The van der Waals surface area contributed by atoms with E-state index in [0.29, 0.717) is 5.06 Å². The molecule has 1 aromatic heterocycles. The average Bonchev–Trinajstić information content (AvgIpc) is 2.83. The number of carbonyl (C=O) groups excluding carboxylic acids is 1. The Balaban J connectivity index is 1.98. The van der Waals surface area contributed by atoms with E-state index in [4.69, 9.17) is 0 Å². The largest absolute Gasteiger partial charge is 0.341 e. The molecule has 0 saturated carbocycles. The van der Waals surface area contributed by atoms with Crippen molar-refractivity contribution in [1.29, 1.82) is 0 Å². The van der Waals surface area contributed by atoms with Gasteiger partial charge in [0.1, 0.15) is 0 Å². The molecule has 0 bridgehead atoms. The molecular formula is C15H14N2O2S. The Morgan fingerprint density at radius 1 is 1.20 bits per heavy atom. The Morgan fingerprint density at radius 3 is 2.75 bits per heavy atom. The van der Waals surface area contributed by atoms with E-state index in [9.17, 15) is 10.0 Å². The van der Waals surface area contributed by atoms with Crippen molar-refractivity contribution in [3.8, 4) is 0 Å². The smallest absolute Gasteiger partial charge is 0.339 e. The van der Waals surface area contributed by atoms with Crippen molar-refractivity contribution in [2.45, 2.75) is 6.54 Å². The van der Waals surface area contributed by atoms with E-state index in [2.05, 4.69) is 17.4 Å². The van der Waals surface area contributed by atoms with Crippen LogP contribution in [0.4, 0.5) is 4.79 Å². The zero-order valence-electron chi connectivity index (χ0n) is 11.0. The fraction of sp³-hybridized carbons (Fsp3) is 0.133. The Labute approximate surface area is 120 Å². The van der Waals surface area contributed by atoms with Crippen LogP contribution < -0.4 is 5.32 Å². The highest BCUT2D eigenvalue weighted by Crippen LogP contribution is 2.34. The number of urea groups is 1. The minimum absolute atomic E-state index is 0.170. The summed E-state index contributed by atoms with van der Waals surface area (Å²) in [5, 5.41) is 15.1. The first-order chi connectivity index (χ1) is 9.69. The third kappa shape index (κ3) is 2.21. The summed E-state index contributed by atoms with van der Waals surface area (Å²) in [6.45, 7) is 0.170. The molecule has 0 spiro atoms. The lowest BCUT2D eigenvalue weighted by molar-refractivity contribution is -0.0500. The molecule has 4 nitrogen and oxygen atoms in total. The molecule has 2 N–H and O–H groups in total. The minimum Gasteiger partial charge on any atom is -0.339 e. The Kier molecular flexibility index (Phi) is 3.30. The van der Waals surface area contributed by atoms with Gasteiger partial charge in [-0.3, -0.25) is 5.21 Å². The molecule has 1 heterocycles. The van der Waals surface area contributed by atoms with Crippen molar-refractivity contribution < 1.29 is 10.0 Å². The van der Waals surface area contributed by atoms with Crippen LogP contribution in [0.2, 0.25) is 0 Å². The first kappa shape index (κ1) is 12.9. The maximum absolute atomic E-state index is 11.3. The van der Waals surface area contributed by atoms with Gasteiger partial charge in [-0.2, -0.15) is 0 Å². The van der Waals surface area contributed by atoms with Gasteiger partial charge in [-0.1, -0.05) is 30.3 Å². The number of carbonyl (C=O) groups is 1. The lowest BCUT2D eigenvalue weighted by Gasteiger charge is -2.14. The molecule has 3 aromatic rings. The second kappa shape index (κ2) is 5.11. The molecule has 0 unspecified atom stereocenters. The van der Waals surface area contributed by atoms with Crippen LogP contribution in [0.15, 0.2) is 42.5 Å². The highest BCUT2D eigenvalue weighted by molar-refractivity contribution is 7.25. The molecule has 0 saturated heterocycles. The molecule has 0 fully saturated rings. The van der Waals surface area contributed by atoms with Gasteiger partial charge in [0.05, 0.1) is 6.54 Å². The maximum atomic E-state index is 11.3. The zero-order valence-corrected chi connectivity index (χ0v) is 11.8. The highest BCUT2D eigenvalue weighted by Gasteiger charge is 2.10. The number of fused-ring (bicyclic) bond motifs is 3. The summed E-state index contributed by atoms with van der Waals surface area (Å²) in [5.74, 6) is 0. The molecule has 102 valence electrons. The van der Waals surface area contributed by atoms with E-state index < -0.39 is 6.03 Å². The molecular weight excluding hydrogens is 272 g/mol. The van der Waals surface area contributed by atoms with E-state index in [0.717, 1.165) is 10.3 Å². The quantitative estimate of drug-likeness (QED) is 0.559. The van der Waals surface area contributed by atoms with Crippen LogP contribution in [0.3, 0.4) is 0 Å². The fourth-order valence-corrected chi connectivity index (χ4v) is 3.41. The summed E-state index contributed by atoms with van der Waals surface area (Å²) in [5.41, 5.74) is 0.898. The van der Waals surface area contributed by atoms with E-state index in [-0.39, 0.29) is 6.54 Å². The van der Waals surface area contributed by atoms with Gasteiger partial charge < -0.3 is 5.32 Å². The Hall–Kier alpha value is -2.11. The molecule has 0 aliphatic carbocycles. The molecule has 3 rings (SSSR count). The topological polar surface area (TPSA) is 52.6 Å². The van der Waals surface area contributed by atoms with Gasteiger partial charge in [-0.05, 0) is 17.7 Å².